The average molecular weight is 383 g/mol. The quantitative estimate of drug-likeness (QED) is 0.417. The summed E-state index contributed by atoms with van der Waals surface area (Å²) in [6.07, 6.45) is 9.11. The third kappa shape index (κ3) is 3.06. The molecule has 1 aliphatic rings. The highest BCUT2D eigenvalue weighted by molar-refractivity contribution is 7.21. The lowest BCUT2D eigenvalue weighted by molar-refractivity contribution is 0.131. The second kappa shape index (κ2) is 7.67. The number of fused-ring (bicyclic) bond motifs is 3. The van der Waals surface area contributed by atoms with Gasteiger partial charge in [0.25, 0.3) is 0 Å². The molecule has 1 aromatic carbocycles. The van der Waals surface area contributed by atoms with E-state index in [0.717, 1.165) is 23.1 Å². The number of benzene rings is 1. The lowest BCUT2D eigenvalue weighted by Crippen LogP contribution is -2.25. The summed E-state index contributed by atoms with van der Waals surface area (Å²) in [6, 6.07) is 12.8. The second-order valence-electron chi connectivity index (χ2n) is 7.25. The van der Waals surface area contributed by atoms with Crippen molar-refractivity contribution in [2.45, 2.75) is 57.5 Å². The predicted octanol–water partition coefficient (Wildman–Crippen LogP) is 6.98. The molecule has 1 nitrogen and oxygen atoms in total. The fourth-order valence-electron chi connectivity index (χ4n) is 4.02. The third-order valence-corrected chi connectivity index (χ3v) is 7.50. The molecule has 0 saturated heterocycles. The fraction of sp³-hybridized carbons (Fsp3) is 0.391. The molecule has 0 fully saturated rings. The van der Waals surface area contributed by atoms with Crippen LogP contribution in [0.2, 0.25) is 0 Å². The number of aryl methyl sites for hydroxylation is 1. The summed E-state index contributed by atoms with van der Waals surface area (Å²) < 4.78 is 0. The van der Waals surface area contributed by atoms with E-state index in [1.54, 1.807) is 22.7 Å². The molecule has 0 unspecified atom stereocenters. The summed E-state index contributed by atoms with van der Waals surface area (Å²) in [7, 11) is 0. The van der Waals surface area contributed by atoms with Crippen LogP contribution in [0.5, 0.6) is 0 Å². The molecule has 2 heterocycles. The van der Waals surface area contributed by atoms with Crippen molar-refractivity contribution >= 4 is 22.7 Å². The van der Waals surface area contributed by atoms with E-state index in [-0.39, 0.29) is 0 Å². The van der Waals surface area contributed by atoms with E-state index in [2.05, 4.69) is 54.1 Å². The van der Waals surface area contributed by atoms with Crippen molar-refractivity contribution in [3.63, 3.8) is 0 Å². The van der Waals surface area contributed by atoms with E-state index in [0.29, 0.717) is 0 Å². The van der Waals surface area contributed by atoms with Gasteiger partial charge in [-0.1, -0.05) is 63.3 Å². The van der Waals surface area contributed by atoms with Crippen molar-refractivity contribution in [1.29, 1.82) is 0 Å². The van der Waals surface area contributed by atoms with Gasteiger partial charge in [0.05, 0.1) is 9.75 Å². The van der Waals surface area contributed by atoms with Crippen LogP contribution >= 0.6 is 22.7 Å². The van der Waals surface area contributed by atoms with Crippen LogP contribution in [-0.2, 0) is 12.0 Å². The molecular weight excluding hydrogens is 356 g/mol. The molecule has 136 valence electrons. The van der Waals surface area contributed by atoms with Gasteiger partial charge in [-0.2, -0.15) is 0 Å². The first-order valence-corrected chi connectivity index (χ1v) is 11.5. The number of aliphatic hydroxyl groups is 1. The number of thiophene rings is 2. The summed E-state index contributed by atoms with van der Waals surface area (Å²) in [5.41, 5.74) is 3.48. The zero-order valence-corrected chi connectivity index (χ0v) is 17.0. The van der Waals surface area contributed by atoms with Gasteiger partial charge in [-0.15, -0.1) is 22.7 Å². The van der Waals surface area contributed by atoms with Gasteiger partial charge in [-0.3, -0.25) is 0 Å². The summed E-state index contributed by atoms with van der Waals surface area (Å²) >= 11 is 3.46. The number of hydrogen-bond acceptors (Lipinski definition) is 3. The van der Waals surface area contributed by atoms with Gasteiger partial charge < -0.3 is 5.11 Å². The number of unbranched alkanes of at least 4 members (excludes halogenated alkanes) is 5. The van der Waals surface area contributed by atoms with E-state index >= 15 is 0 Å². The normalized spacial score (nSPS) is 14.4. The number of rotatable bonds is 8. The smallest absolute Gasteiger partial charge is 0.143 e. The predicted molar refractivity (Wildman–Crippen MR) is 113 cm³/mol. The Hall–Kier alpha value is -1.42. The molecular formula is C23H26OS2. The standard InChI is InChI=1S/C23H26OS2/c1-2-3-4-5-6-7-8-17-9-11-18(12-10-17)23(24)19-13-15-25-21(19)22-20(23)14-16-26-22/h9-16,24H,2-8H2,1H3. The van der Waals surface area contributed by atoms with Crippen LogP contribution in [0.1, 0.15) is 67.7 Å². The summed E-state index contributed by atoms with van der Waals surface area (Å²) in [5, 5.41) is 15.8. The third-order valence-electron chi connectivity index (χ3n) is 5.51. The largest absolute Gasteiger partial charge is 0.376 e. The zero-order chi connectivity index (χ0) is 18.0. The second-order valence-corrected chi connectivity index (χ2v) is 9.08. The highest BCUT2D eigenvalue weighted by Gasteiger charge is 2.44. The molecule has 3 aromatic rings. The maximum Gasteiger partial charge on any atom is 0.143 e. The molecule has 0 radical (unpaired) electrons. The van der Waals surface area contributed by atoms with Crippen molar-refractivity contribution in [2.75, 3.05) is 0 Å². The van der Waals surface area contributed by atoms with Gasteiger partial charge in [0, 0.05) is 11.1 Å². The number of hydrogen-bond donors (Lipinski definition) is 1. The van der Waals surface area contributed by atoms with Crippen LogP contribution in [0.4, 0.5) is 0 Å². The molecule has 0 saturated carbocycles. The first-order chi connectivity index (χ1) is 12.7. The highest BCUT2D eigenvalue weighted by atomic mass is 32.1. The maximum absolute atomic E-state index is 11.6. The SMILES string of the molecule is CCCCCCCCc1ccc(C2(O)c3ccsc3-c3sccc32)cc1. The summed E-state index contributed by atoms with van der Waals surface area (Å²) in [5.74, 6) is 0. The molecule has 1 N–H and O–H groups in total. The van der Waals surface area contributed by atoms with Gasteiger partial charge in [0.15, 0.2) is 0 Å². The summed E-state index contributed by atoms with van der Waals surface area (Å²) in [6.45, 7) is 2.26. The van der Waals surface area contributed by atoms with Crippen LogP contribution in [0.15, 0.2) is 47.2 Å². The topological polar surface area (TPSA) is 20.2 Å². The van der Waals surface area contributed by atoms with Gasteiger partial charge in [-0.05, 0) is 46.9 Å². The Morgan fingerprint density at radius 3 is 1.96 bits per heavy atom. The lowest BCUT2D eigenvalue weighted by atomic mass is 9.85. The molecule has 4 rings (SSSR count). The minimum absolute atomic E-state index is 0.983. The fourth-order valence-corrected chi connectivity index (χ4v) is 6.11. The Morgan fingerprint density at radius 2 is 1.35 bits per heavy atom. The molecule has 0 bridgehead atoms. The molecule has 0 aliphatic heterocycles. The Labute approximate surface area is 164 Å². The molecule has 26 heavy (non-hydrogen) atoms. The monoisotopic (exact) mass is 382 g/mol. The van der Waals surface area contributed by atoms with Gasteiger partial charge in [-0.25, -0.2) is 0 Å². The van der Waals surface area contributed by atoms with Crippen LogP contribution in [-0.4, -0.2) is 5.11 Å². The van der Waals surface area contributed by atoms with E-state index in [4.69, 9.17) is 0 Å². The van der Waals surface area contributed by atoms with Crippen molar-refractivity contribution in [2.24, 2.45) is 0 Å². The van der Waals surface area contributed by atoms with E-state index < -0.39 is 5.60 Å². The van der Waals surface area contributed by atoms with Crippen molar-refractivity contribution in [3.8, 4) is 9.75 Å². The first-order valence-electron chi connectivity index (χ1n) is 9.73. The first kappa shape index (κ1) is 18.0. The van der Waals surface area contributed by atoms with Crippen LogP contribution in [0, 0.1) is 0 Å². The van der Waals surface area contributed by atoms with E-state index in [1.807, 2.05) is 0 Å². The van der Waals surface area contributed by atoms with Crippen LogP contribution < -0.4 is 0 Å². The van der Waals surface area contributed by atoms with Crippen LogP contribution in [0.3, 0.4) is 0 Å². The Morgan fingerprint density at radius 1 is 0.769 bits per heavy atom. The molecule has 0 amide bonds. The van der Waals surface area contributed by atoms with E-state index in [1.165, 1.54) is 53.8 Å². The average Bonchev–Trinajstić information content (AvgIpc) is 3.36. The van der Waals surface area contributed by atoms with Gasteiger partial charge in [0.2, 0.25) is 0 Å². The Kier molecular flexibility index (Phi) is 5.30. The van der Waals surface area contributed by atoms with Crippen LogP contribution in [0.25, 0.3) is 9.75 Å². The molecule has 0 spiro atoms. The van der Waals surface area contributed by atoms with Crippen molar-refractivity contribution in [1.82, 2.24) is 0 Å². The van der Waals surface area contributed by atoms with Gasteiger partial charge >= 0.3 is 0 Å². The molecule has 1 aliphatic carbocycles. The highest BCUT2D eigenvalue weighted by Crippen LogP contribution is 2.55. The van der Waals surface area contributed by atoms with E-state index in [9.17, 15) is 5.11 Å². The minimum atomic E-state index is -0.983. The zero-order valence-electron chi connectivity index (χ0n) is 15.3. The van der Waals surface area contributed by atoms with Gasteiger partial charge in [0.1, 0.15) is 5.60 Å². The lowest BCUT2D eigenvalue weighted by Gasteiger charge is -2.25. The Balaban J connectivity index is 1.48. The minimum Gasteiger partial charge on any atom is -0.376 e. The molecule has 0 atom stereocenters. The Bertz CT molecular complexity index is 816. The van der Waals surface area contributed by atoms with Crippen molar-refractivity contribution in [3.05, 3.63) is 69.4 Å². The summed E-state index contributed by atoms with van der Waals surface area (Å²) in [4.78, 5) is 2.46. The molecule has 3 heteroatoms. The van der Waals surface area contributed by atoms with Crippen molar-refractivity contribution < 1.29 is 5.11 Å². The molecule has 2 aromatic heterocycles. The maximum atomic E-state index is 11.6.